The number of aromatic nitrogens is 2. The lowest BCUT2D eigenvalue weighted by Gasteiger charge is -2.14. The minimum atomic E-state index is -0.149. The van der Waals surface area contributed by atoms with Crippen molar-refractivity contribution < 1.29 is 9.59 Å². The van der Waals surface area contributed by atoms with Crippen LogP contribution in [0.15, 0.2) is 23.6 Å². The van der Waals surface area contributed by atoms with E-state index in [-0.39, 0.29) is 18.4 Å². The van der Waals surface area contributed by atoms with Gasteiger partial charge in [0.25, 0.3) is 0 Å². The Morgan fingerprint density at radius 2 is 2.04 bits per heavy atom. The molecule has 2 aromatic heterocycles. The van der Waals surface area contributed by atoms with Crippen molar-refractivity contribution in [3.05, 3.63) is 35.0 Å². The highest BCUT2D eigenvalue weighted by molar-refractivity contribution is 7.13. The molecule has 7 nitrogen and oxygen atoms in total. The summed E-state index contributed by atoms with van der Waals surface area (Å²) in [6.45, 7) is 4.06. The summed E-state index contributed by atoms with van der Waals surface area (Å²) in [5, 5.41) is 7.83. The zero-order chi connectivity index (χ0) is 16.8. The first-order chi connectivity index (χ1) is 10.9. The highest BCUT2D eigenvalue weighted by atomic mass is 32.1. The molecule has 0 bridgehead atoms. The highest BCUT2D eigenvalue weighted by Crippen LogP contribution is 2.16. The van der Waals surface area contributed by atoms with E-state index in [0.717, 1.165) is 11.4 Å². The lowest BCUT2D eigenvalue weighted by atomic mass is 10.3. The molecule has 2 amide bonds. The van der Waals surface area contributed by atoms with Crippen molar-refractivity contribution in [3.63, 3.8) is 0 Å². The average Bonchev–Trinajstić information content (AvgIpc) is 2.84. The van der Waals surface area contributed by atoms with Crippen LogP contribution in [0.4, 0.5) is 10.9 Å². The molecule has 0 aliphatic carbocycles. The molecule has 0 spiro atoms. The first kappa shape index (κ1) is 17.0. The number of anilines is 2. The van der Waals surface area contributed by atoms with E-state index in [2.05, 4.69) is 20.6 Å². The van der Waals surface area contributed by atoms with Crippen LogP contribution in [0, 0.1) is 6.92 Å². The molecule has 23 heavy (non-hydrogen) atoms. The maximum absolute atomic E-state index is 12.0. The number of carbonyl (C=O) groups is 2. The molecule has 0 aliphatic heterocycles. The standard InChI is InChI=1S/C15H19N5O2S/c1-10-5-4-6-13(16-10)19-14(22)8-20(3)7-12-9-23-15(18-12)17-11(2)21/h4-6,9H,7-8H2,1-3H3,(H,16,19,22)(H,17,18,21). The number of nitrogens with zero attached hydrogens (tertiary/aromatic N) is 3. The minimum absolute atomic E-state index is 0.136. The van der Waals surface area contributed by atoms with Crippen molar-refractivity contribution >= 4 is 34.1 Å². The first-order valence-electron chi connectivity index (χ1n) is 7.06. The molecule has 122 valence electrons. The molecule has 0 atom stereocenters. The molecule has 0 aromatic carbocycles. The minimum Gasteiger partial charge on any atom is -0.310 e. The van der Waals surface area contributed by atoms with E-state index in [0.29, 0.717) is 17.5 Å². The van der Waals surface area contributed by atoms with Gasteiger partial charge in [-0.3, -0.25) is 14.5 Å². The second-order valence-corrected chi connectivity index (χ2v) is 6.07. The van der Waals surface area contributed by atoms with Crippen LogP contribution in [0.3, 0.4) is 0 Å². The predicted octanol–water partition coefficient (Wildman–Crippen LogP) is 1.88. The Morgan fingerprint density at radius 3 is 2.74 bits per heavy atom. The van der Waals surface area contributed by atoms with Gasteiger partial charge in [0.05, 0.1) is 12.2 Å². The van der Waals surface area contributed by atoms with Gasteiger partial charge in [0, 0.05) is 24.5 Å². The maximum Gasteiger partial charge on any atom is 0.239 e. The zero-order valence-electron chi connectivity index (χ0n) is 13.3. The molecule has 0 saturated heterocycles. The summed E-state index contributed by atoms with van der Waals surface area (Å²) in [5.74, 6) is 0.261. The van der Waals surface area contributed by atoms with Gasteiger partial charge in [-0.2, -0.15) is 0 Å². The summed E-state index contributed by atoms with van der Waals surface area (Å²) in [7, 11) is 1.83. The van der Waals surface area contributed by atoms with Crippen molar-refractivity contribution in [1.29, 1.82) is 0 Å². The van der Waals surface area contributed by atoms with Gasteiger partial charge >= 0.3 is 0 Å². The molecule has 2 heterocycles. The van der Waals surface area contributed by atoms with Crippen molar-refractivity contribution in [2.45, 2.75) is 20.4 Å². The number of nitrogens with one attached hydrogen (secondary N) is 2. The van der Waals surface area contributed by atoms with E-state index < -0.39 is 0 Å². The number of hydrogen-bond acceptors (Lipinski definition) is 6. The molecular formula is C15H19N5O2S. The largest absolute Gasteiger partial charge is 0.310 e. The zero-order valence-corrected chi connectivity index (χ0v) is 14.1. The van der Waals surface area contributed by atoms with E-state index in [1.165, 1.54) is 18.3 Å². The number of aryl methyl sites for hydroxylation is 1. The SMILES string of the molecule is CC(=O)Nc1nc(CN(C)CC(=O)Nc2cccc(C)n2)cs1. The molecule has 8 heteroatoms. The fourth-order valence-electron chi connectivity index (χ4n) is 1.96. The van der Waals surface area contributed by atoms with Crippen LogP contribution in [0.1, 0.15) is 18.3 Å². The number of carbonyl (C=O) groups excluding carboxylic acids is 2. The first-order valence-corrected chi connectivity index (χ1v) is 7.94. The van der Waals surface area contributed by atoms with Crippen LogP contribution in [-0.2, 0) is 16.1 Å². The Bertz CT molecular complexity index is 701. The Labute approximate surface area is 138 Å². The third kappa shape index (κ3) is 5.76. The topological polar surface area (TPSA) is 87.2 Å². The average molecular weight is 333 g/mol. The maximum atomic E-state index is 12.0. The van der Waals surface area contributed by atoms with Gasteiger partial charge in [-0.1, -0.05) is 6.07 Å². The van der Waals surface area contributed by atoms with Gasteiger partial charge in [0.15, 0.2) is 5.13 Å². The van der Waals surface area contributed by atoms with Crippen LogP contribution in [0.25, 0.3) is 0 Å². The fraction of sp³-hybridized carbons (Fsp3) is 0.333. The summed E-state index contributed by atoms with van der Waals surface area (Å²) in [6.07, 6.45) is 0. The number of rotatable bonds is 6. The van der Waals surface area contributed by atoms with Gasteiger partial charge < -0.3 is 10.6 Å². The normalized spacial score (nSPS) is 10.6. The van der Waals surface area contributed by atoms with E-state index in [1.54, 1.807) is 6.07 Å². The van der Waals surface area contributed by atoms with Crippen molar-refractivity contribution in [2.75, 3.05) is 24.2 Å². The molecule has 0 aliphatic rings. The van der Waals surface area contributed by atoms with Crippen LogP contribution in [0.5, 0.6) is 0 Å². The summed E-state index contributed by atoms with van der Waals surface area (Å²) in [4.78, 5) is 33.4. The lowest BCUT2D eigenvalue weighted by Crippen LogP contribution is -2.30. The van der Waals surface area contributed by atoms with E-state index in [4.69, 9.17) is 0 Å². The highest BCUT2D eigenvalue weighted by Gasteiger charge is 2.10. The Balaban J connectivity index is 1.84. The monoisotopic (exact) mass is 333 g/mol. The third-order valence-corrected chi connectivity index (χ3v) is 3.64. The van der Waals surface area contributed by atoms with E-state index >= 15 is 0 Å². The molecule has 2 aromatic rings. The second-order valence-electron chi connectivity index (χ2n) is 5.21. The number of pyridine rings is 1. The second kappa shape index (κ2) is 7.80. The predicted molar refractivity (Wildman–Crippen MR) is 90.4 cm³/mol. The molecule has 2 N–H and O–H groups in total. The Morgan fingerprint density at radius 1 is 1.26 bits per heavy atom. The molecule has 0 saturated carbocycles. The molecule has 2 rings (SSSR count). The van der Waals surface area contributed by atoms with Crippen LogP contribution in [-0.4, -0.2) is 40.3 Å². The van der Waals surface area contributed by atoms with Gasteiger partial charge in [-0.15, -0.1) is 11.3 Å². The van der Waals surface area contributed by atoms with Crippen molar-refractivity contribution in [3.8, 4) is 0 Å². The quantitative estimate of drug-likeness (QED) is 0.843. The van der Waals surface area contributed by atoms with E-state index in [1.807, 2.05) is 36.4 Å². The van der Waals surface area contributed by atoms with Gasteiger partial charge in [-0.05, 0) is 26.1 Å². The van der Waals surface area contributed by atoms with Gasteiger partial charge in [0.2, 0.25) is 11.8 Å². The Hall–Kier alpha value is -2.32. The van der Waals surface area contributed by atoms with Crippen LogP contribution in [0.2, 0.25) is 0 Å². The van der Waals surface area contributed by atoms with Crippen LogP contribution >= 0.6 is 11.3 Å². The number of thiazole rings is 1. The lowest BCUT2D eigenvalue weighted by molar-refractivity contribution is -0.117. The Kier molecular flexibility index (Phi) is 5.78. The number of amides is 2. The molecular weight excluding hydrogens is 314 g/mol. The summed E-state index contributed by atoms with van der Waals surface area (Å²) >= 11 is 1.36. The number of hydrogen-bond donors (Lipinski definition) is 2. The van der Waals surface area contributed by atoms with Gasteiger partial charge in [-0.25, -0.2) is 9.97 Å². The van der Waals surface area contributed by atoms with E-state index in [9.17, 15) is 9.59 Å². The number of likely N-dealkylation sites (N-methyl/N-ethyl adjacent to an activating group) is 1. The van der Waals surface area contributed by atoms with Crippen LogP contribution < -0.4 is 10.6 Å². The molecule has 0 fully saturated rings. The van der Waals surface area contributed by atoms with Gasteiger partial charge in [0.1, 0.15) is 5.82 Å². The molecule has 0 unspecified atom stereocenters. The smallest absolute Gasteiger partial charge is 0.239 e. The fourth-order valence-corrected chi connectivity index (χ4v) is 2.71. The molecule has 0 radical (unpaired) electrons. The van der Waals surface area contributed by atoms with Crippen molar-refractivity contribution in [2.24, 2.45) is 0 Å². The third-order valence-electron chi connectivity index (χ3n) is 2.84. The summed E-state index contributed by atoms with van der Waals surface area (Å²) < 4.78 is 0. The summed E-state index contributed by atoms with van der Waals surface area (Å²) in [5.41, 5.74) is 1.66. The summed E-state index contributed by atoms with van der Waals surface area (Å²) in [6, 6.07) is 5.47. The van der Waals surface area contributed by atoms with Crippen molar-refractivity contribution in [1.82, 2.24) is 14.9 Å².